The first-order valence-corrected chi connectivity index (χ1v) is 7.75. The SMILES string of the molecule is COc1cc(Br)c(CB2OC(C)(C)C(C)(C)O2)cc1OC. The lowest BCUT2D eigenvalue weighted by atomic mass is 9.80. The molecule has 0 amide bonds. The van der Waals surface area contributed by atoms with E-state index in [0.29, 0.717) is 17.8 Å². The van der Waals surface area contributed by atoms with Crippen LogP contribution in [0.3, 0.4) is 0 Å². The number of ether oxygens (including phenoxy) is 2. The Balaban J connectivity index is 2.21. The van der Waals surface area contributed by atoms with Gasteiger partial charge in [-0.3, -0.25) is 0 Å². The second-order valence-electron chi connectivity index (χ2n) is 6.19. The van der Waals surface area contributed by atoms with Crippen LogP contribution in [0.5, 0.6) is 11.5 Å². The van der Waals surface area contributed by atoms with E-state index >= 15 is 0 Å². The van der Waals surface area contributed by atoms with Crippen molar-refractivity contribution in [2.24, 2.45) is 0 Å². The van der Waals surface area contributed by atoms with Crippen LogP contribution in [0.15, 0.2) is 16.6 Å². The maximum Gasteiger partial charge on any atom is 0.462 e. The summed E-state index contributed by atoms with van der Waals surface area (Å²) in [5.41, 5.74) is 0.424. The van der Waals surface area contributed by atoms with Gasteiger partial charge in [0.15, 0.2) is 11.5 Å². The average Bonchev–Trinajstić information content (AvgIpc) is 2.59. The summed E-state index contributed by atoms with van der Waals surface area (Å²) >= 11 is 3.57. The largest absolute Gasteiger partial charge is 0.493 e. The Bertz CT molecular complexity index is 515. The van der Waals surface area contributed by atoms with Crippen LogP contribution in [0.25, 0.3) is 0 Å². The predicted octanol–water partition coefficient (Wildman–Crippen LogP) is 3.64. The van der Waals surface area contributed by atoms with Gasteiger partial charge in [0, 0.05) is 10.8 Å². The van der Waals surface area contributed by atoms with Crippen molar-refractivity contribution >= 4 is 23.0 Å². The summed E-state index contributed by atoms with van der Waals surface area (Å²) in [7, 11) is 2.98. The Labute approximate surface area is 135 Å². The van der Waals surface area contributed by atoms with Gasteiger partial charge in [-0.25, -0.2) is 0 Å². The molecule has 1 aliphatic rings. The Morgan fingerprint density at radius 1 is 1.00 bits per heavy atom. The summed E-state index contributed by atoms with van der Waals surface area (Å²) in [6, 6.07) is 3.85. The zero-order chi connectivity index (χ0) is 15.8. The van der Waals surface area contributed by atoms with Crippen LogP contribution in [-0.2, 0) is 15.6 Å². The van der Waals surface area contributed by atoms with Gasteiger partial charge >= 0.3 is 7.12 Å². The highest BCUT2D eigenvalue weighted by Crippen LogP contribution is 2.39. The quantitative estimate of drug-likeness (QED) is 0.772. The number of hydrogen-bond donors (Lipinski definition) is 0. The fourth-order valence-electron chi connectivity index (χ4n) is 2.28. The van der Waals surface area contributed by atoms with Crippen LogP contribution < -0.4 is 9.47 Å². The van der Waals surface area contributed by atoms with Crippen molar-refractivity contribution in [2.45, 2.75) is 45.2 Å². The Morgan fingerprint density at radius 2 is 1.48 bits per heavy atom. The molecule has 1 aromatic carbocycles. The predicted molar refractivity (Wildman–Crippen MR) is 87.0 cm³/mol. The van der Waals surface area contributed by atoms with Gasteiger partial charge < -0.3 is 18.8 Å². The van der Waals surface area contributed by atoms with Crippen LogP contribution in [0, 0.1) is 0 Å². The molecule has 1 aromatic rings. The molecule has 0 unspecified atom stereocenters. The third-order valence-corrected chi connectivity index (χ3v) is 4.98. The molecular formula is C15H22BBrO4. The van der Waals surface area contributed by atoms with Gasteiger partial charge in [-0.1, -0.05) is 15.9 Å². The zero-order valence-corrected chi connectivity index (χ0v) is 15.0. The Morgan fingerprint density at radius 3 is 1.95 bits per heavy atom. The van der Waals surface area contributed by atoms with Crippen molar-refractivity contribution in [3.63, 3.8) is 0 Å². The van der Waals surface area contributed by atoms with Crippen LogP contribution in [0.4, 0.5) is 0 Å². The zero-order valence-electron chi connectivity index (χ0n) is 13.5. The molecule has 4 nitrogen and oxygen atoms in total. The van der Waals surface area contributed by atoms with E-state index in [9.17, 15) is 0 Å². The summed E-state index contributed by atoms with van der Waals surface area (Å²) in [6.45, 7) is 8.21. The van der Waals surface area contributed by atoms with E-state index in [-0.39, 0.29) is 18.3 Å². The van der Waals surface area contributed by atoms with Gasteiger partial charge in [-0.2, -0.15) is 0 Å². The van der Waals surface area contributed by atoms with E-state index in [0.717, 1.165) is 10.0 Å². The summed E-state index contributed by atoms with van der Waals surface area (Å²) < 4.78 is 23.7. The first-order chi connectivity index (χ1) is 9.70. The van der Waals surface area contributed by atoms with Crippen LogP contribution >= 0.6 is 15.9 Å². The molecule has 2 rings (SSSR count). The molecule has 6 heteroatoms. The van der Waals surface area contributed by atoms with Crippen molar-refractivity contribution in [1.29, 1.82) is 0 Å². The number of rotatable bonds is 4. The van der Waals surface area contributed by atoms with Crippen LogP contribution in [0.1, 0.15) is 33.3 Å². The smallest absolute Gasteiger partial charge is 0.462 e. The normalized spacial score (nSPS) is 19.7. The van der Waals surface area contributed by atoms with Gasteiger partial charge in [0.05, 0.1) is 25.4 Å². The molecule has 0 saturated carbocycles. The molecule has 0 bridgehead atoms. The minimum Gasteiger partial charge on any atom is -0.493 e. The highest BCUT2D eigenvalue weighted by molar-refractivity contribution is 9.10. The van der Waals surface area contributed by atoms with E-state index in [2.05, 4.69) is 43.6 Å². The second kappa shape index (κ2) is 5.82. The van der Waals surface area contributed by atoms with Crippen molar-refractivity contribution in [2.75, 3.05) is 14.2 Å². The van der Waals surface area contributed by atoms with E-state index in [1.54, 1.807) is 14.2 Å². The van der Waals surface area contributed by atoms with E-state index < -0.39 is 0 Å². The third-order valence-electron chi connectivity index (χ3n) is 4.24. The van der Waals surface area contributed by atoms with Crippen molar-refractivity contribution in [1.82, 2.24) is 0 Å². The van der Waals surface area contributed by atoms with Gasteiger partial charge in [0.1, 0.15) is 0 Å². The topological polar surface area (TPSA) is 36.9 Å². The van der Waals surface area contributed by atoms with Gasteiger partial charge in [-0.15, -0.1) is 0 Å². The Kier molecular flexibility index (Phi) is 4.61. The molecule has 1 heterocycles. The molecular weight excluding hydrogens is 335 g/mol. The lowest BCUT2D eigenvalue weighted by Crippen LogP contribution is -2.41. The maximum atomic E-state index is 6.04. The fourth-order valence-corrected chi connectivity index (χ4v) is 2.76. The fraction of sp³-hybridized carbons (Fsp3) is 0.600. The maximum absolute atomic E-state index is 6.04. The molecule has 1 fully saturated rings. The molecule has 0 spiro atoms. The number of methoxy groups -OCH3 is 2. The summed E-state index contributed by atoms with van der Waals surface area (Å²) in [4.78, 5) is 0. The van der Waals surface area contributed by atoms with E-state index in [1.807, 2.05) is 12.1 Å². The van der Waals surface area contributed by atoms with Gasteiger partial charge in [0.25, 0.3) is 0 Å². The number of hydrogen-bond acceptors (Lipinski definition) is 4. The molecule has 0 radical (unpaired) electrons. The van der Waals surface area contributed by atoms with Crippen molar-refractivity contribution in [3.8, 4) is 11.5 Å². The molecule has 1 saturated heterocycles. The Hall–Kier alpha value is -0.715. The van der Waals surface area contributed by atoms with Gasteiger partial charge in [0.2, 0.25) is 0 Å². The van der Waals surface area contributed by atoms with Gasteiger partial charge in [-0.05, 0) is 45.4 Å². The lowest BCUT2D eigenvalue weighted by Gasteiger charge is -2.32. The lowest BCUT2D eigenvalue weighted by molar-refractivity contribution is 0.00578. The summed E-state index contributed by atoms with van der Waals surface area (Å²) in [6.07, 6.45) is 0.647. The first kappa shape index (κ1) is 16.7. The number of halogens is 1. The summed E-state index contributed by atoms with van der Waals surface area (Å²) in [5.74, 6) is 1.40. The summed E-state index contributed by atoms with van der Waals surface area (Å²) in [5, 5.41) is 0. The molecule has 116 valence electrons. The molecule has 0 aromatic heterocycles. The number of benzene rings is 1. The van der Waals surface area contributed by atoms with Crippen molar-refractivity contribution < 1.29 is 18.8 Å². The van der Waals surface area contributed by atoms with E-state index in [4.69, 9.17) is 18.8 Å². The highest BCUT2D eigenvalue weighted by atomic mass is 79.9. The van der Waals surface area contributed by atoms with Crippen LogP contribution in [0.2, 0.25) is 0 Å². The highest BCUT2D eigenvalue weighted by Gasteiger charge is 2.50. The van der Waals surface area contributed by atoms with E-state index in [1.165, 1.54) is 0 Å². The third kappa shape index (κ3) is 3.22. The standard InChI is InChI=1S/C15H22BBrO4/c1-14(2)15(3,4)21-16(20-14)9-10-7-12(18-5)13(19-6)8-11(10)17/h7-8H,9H2,1-6H3. The first-order valence-electron chi connectivity index (χ1n) is 6.96. The average molecular weight is 357 g/mol. The molecule has 0 atom stereocenters. The molecule has 0 aliphatic carbocycles. The minimum atomic E-state index is -0.319. The molecule has 0 N–H and O–H groups in total. The monoisotopic (exact) mass is 356 g/mol. The molecule has 21 heavy (non-hydrogen) atoms. The van der Waals surface area contributed by atoms with Crippen LogP contribution in [-0.4, -0.2) is 32.5 Å². The second-order valence-corrected chi connectivity index (χ2v) is 7.04. The van der Waals surface area contributed by atoms with Crippen molar-refractivity contribution in [3.05, 3.63) is 22.2 Å². The minimum absolute atomic E-state index is 0.274. The molecule has 1 aliphatic heterocycles.